The van der Waals surface area contributed by atoms with Gasteiger partial charge in [0.15, 0.2) is 0 Å². The zero-order valence-corrected chi connectivity index (χ0v) is 11.6. The molecule has 0 radical (unpaired) electrons. The SMILES string of the molecule is O=C1CCC(c2nnc(CCS(=O)(=O)O)cc2F)C(=O)N1. The fourth-order valence-corrected chi connectivity index (χ4v) is 2.43. The number of nitrogens with zero attached hydrogens (tertiary/aromatic N) is 2. The fraction of sp³-hybridized carbons (Fsp3) is 0.455. The van der Waals surface area contributed by atoms with Crippen LogP contribution in [0.15, 0.2) is 6.07 Å². The average Bonchev–Trinajstić information content (AvgIpc) is 2.37. The van der Waals surface area contributed by atoms with Crippen molar-refractivity contribution in [2.45, 2.75) is 25.2 Å². The van der Waals surface area contributed by atoms with Gasteiger partial charge >= 0.3 is 0 Å². The van der Waals surface area contributed by atoms with Crippen molar-refractivity contribution in [3.8, 4) is 0 Å². The van der Waals surface area contributed by atoms with Crippen molar-refractivity contribution in [2.24, 2.45) is 0 Å². The Morgan fingerprint density at radius 3 is 2.67 bits per heavy atom. The second-order valence-corrected chi connectivity index (χ2v) is 6.18. The van der Waals surface area contributed by atoms with Crippen LogP contribution in [0.4, 0.5) is 4.39 Å². The predicted octanol–water partition coefficient (Wildman–Crippen LogP) is -0.434. The van der Waals surface area contributed by atoms with Crippen molar-refractivity contribution in [3.05, 3.63) is 23.3 Å². The number of aryl methyl sites for hydroxylation is 1. The molecule has 114 valence electrons. The Morgan fingerprint density at radius 2 is 2.10 bits per heavy atom. The third kappa shape index (κ3) is 4.02. The van der Waals surface area contributed by atoms with Crippen molar-refractivity contribution < 1.29 is 27.0 Å². The lowest BCUT2D eigenvalue weighted by atomic mass is 9.94. The molecule has 1 fully saturated rings. The van der Waals surface area contributed by atoms with Gasteiger partial charge in [-0.3, -0.25) is 19.5 Å². The predicted molar refractivity (Wildman–Crippen MR) is 67.2 cm³/mol. The maximum absolute atomic E-state index is 13.9. The lowest BCUT2D eigenvalue weighted by Crippen LogP contribution is -2.40. The highest BCUT2D eigenvalue weighted by atomic mass is 32.2. The first-order valence-electron chi connectivity index (χ1n) is 6.07. The number of hydrogen-bond acceptors (Lipinski definition) is 6. The zero-order chi connectivity index (χ0) is 15.6. The number of hydrogen-bond donors (Lipinski definition) is 2. The maximum atomic E-state index is 13.9. The highest BCUT2D eigenvalue weighted by molar-refractivity contribution is 7.85. The Hall–Kier alpha value is -1.94. The van der Waals surface area contributed by atoms with Crippen LogP contribution in [-0.4, -0.2) is 40.7 Å². The molecule has 2 rings (SSSR count). The van der Waals surface area contributed by atoms with Gasteiger partial charge in [0.2, 0.25) is 11.8 Å². The van der Waals surface area contributed by atoms with Crippen LogP contribution < -0.4 is 5.32 Å². The van der Waals surface area contributed by atoms with Crippen LogP contribution in [0.2, 0.25) is 0 Å². The molecule has 0 saturated carbocycles. The number of nitrogens with one attached hydrogen (secondary N) is 1. The Morgan fingerprint density at radius 1 is 1.38 bits per heavy atom. The maximum Gasteiger partial charge on any atom is 0.265 e. The molecule has 8 nitrogen and oxygen atoms in total. The molecule has 2 heterocycles. The molecular weight excluding hydrogens is 305 g/mol. The van der Waals surface area contributed by atoms with E-state index in [1.54, 1.807) is 0 Å². The van der Waals surface area contributed by atoms with Gasteiger partial charge in [-0.15, -0.1) is 0 Å². The van der Waals surface area contributed by atoms with E-state index in [2.05, 4.69) is 15.5 Å². The van der Waals surface area contributed by atoms with Crippen LogP contribution >= 0.6 is 0 Å². The molecule has 1 unspecified atom stereocenters. The molecule has 1 aliphatic heterocycles. The first-order valence-corrected chi connectivity index (χ1v) is 7.68. The van der Waals surface area contributed by atoms with Crippen LogP contribution in [-0.2, 0) is 26.1 Å². The number of aromatic nitrogens is 2. The van der Waals surface area contributed by atoms with Crippen LogP contribution in [0.5, 0.6) is 0 Å². The molecule has 2 amide bonds. The fourth-order valence-electron chi connectivity index (χ4n) is 1.96. The van der Waals surface area contributed by atoms with Crippen LogP contribution in [0.1, 0.15) is 30.1 Å². The summed E-state index contributed by atoms with van der Waals surface area (Å²) in [5, 5.41) is 9.34. The number of amides is 2. The van der Waals surface area contributed by atoms with Crippen LogP contribution in [0, 0.1) is 5.82 Å². The van der Waals surface area contributed by atoms with E-state index in [-0.39, 0.29) is 30.7 Å². The third-order valence-corrected chi connectivity index (χ3v) is 3.73. The number of carbonyl (C=O) groups excluding carboxylic acids is 2. The highest BCUT2D eigenvalue weighted by Crippen LogP contribution is 2.25. The number of imide groups is 1. The normalized spacial score (nSPS) is 19.4. The summed E-state index contributed by atoms with van der Waals surface area (Å²) in [6.45, 7) is 0. The van der Waals surface area contributed by atoms with Gasteiger partial charge in [0, 0.05) is 12.8 Å². The summed E-state index contributed by atoms with van der Waals surface area (Å²) in [5.74, 6) is -3.35. The standard InChI is InChI=1S/C11H12FN3O5S/c12-8-5-6(3-4-21(18,19)20)14-15-10(8)7-1-2-9(16)13-11(7)17/h5,7H,1-4H2,(H,13,16,17)(H,18,19,20). The van der Waals surface area contributed by atoms with Crippen molar-refractivity contribution in [3.63, 3.8) is 0 Å². The quantitative estimate of drug-likeness (QED) is 0.569. The summed E-state index contributed by atoms with van der Waals surface area (Å²) in [4.78, 5) is 22.6. The molecule has 0 aromatic carbocycles. The number of piperidine rings is 1. The van der Waals surface area contributed by atoms with Gasteiger partial charge in [-0.2, -0.15) is 18.6 Å². The third-order valence-electron chi connectivity index (χ3n) is 3.01. The van der Waals surface area contributed by atoms with E-state index in [9.17, 15) is 22.4 Å². The monoisotopic (exact) mass is 317 g/mol. The summed E-state index contributed by atoms with van der Waals surface area (Å²) in [6.07, 6.45) is 0.0288. The molecule has 10 heteroatoms. The second-order valence-electron chi connectivity index (χ2n) is 4.61. The van der Waals surface area contributed by atoms with Gasteiger partial charge in [-0.1, -0.05) is 0 Å². The average molecular weight is 317 g/mol. The summed E-state index contributed by atoms with van der Waals surface area (Å²) < 4.78 is 43.8. The van der Waals surface area contributed by atoms with Crippen LogP contribution in [0.25, 0.3) is 0 Å². The summed E-state index contributed by atoms with van der Waals surface area (Å²) >= 11 is 0. The summed E-state index contributed by atoms with van der Waals surface area (Å²) in [6, 6.07) is 0.969. The first kappa shape index (κ1) is 15.4. The van der Waals surface area contributed by atoms with Crippen molar-refractivity contribution in [1.29, 1.82) is 0 Å². The lowest BCUT2D eigenvalue weighted by Gasteiger charge is -2.20. The van der Waals surface area contributed by atoms with Gasteiger partial charge in [-0.05, 0) is 12.5 Å². The second kappa shape index (κ2) is 5.82. The van der Waals surface area contributed by atoms with Crippen molar-refractivity contribution in [2.75, 3.05) is 5.75 Å². The van der Waals surface area contributed by atoms with Gasteiger partial charge in [0.05, 0.1) is 17.4 Å². The molecule has 1 aliphatic rings. The van der Waals surface area contributed by atoms with Gasteiger partial charge in [-0.25, -0.2) is 4.39 Å². The largest absolute Gasteiger partial charge is 0.296 e. The molecular formula is C11H12FN3O5S. The molecule has 1 atom stereocenters. The minimum absolute atomic E-state index is 0.0427. The molecule has 2 N–H and O–H groups in total. The van der Waals surface area contributed by atoms with Gasteiger partial charge in [0.1, 0.15) is 11.5 Å². The molecule has 0 aliphatic carbocycles. The van der Waals surface area contributed by atoms with E-state index in [0.717, 1.165) is 6.07 Å². The minimum atomic E-state index is -4.17. The Balaban J connectivity index is 2.16. The highest BCUT2D eigenvalue weighted by Gasteiger charge is 2.31. The Labute approximate surface area is 119 Å². The Kier molecular flexibility index (Phi) is 4.28. The van der Waals surface area contributed by atoms with E-state index >= 15 is 0 Å². The molecule has 0 spiro atoms. The molecule has 1 aromatic heterocycles. The number of halogens is 1. The van der Waals surface area contributed by atoms with Gasteiger partial charge < -0.3 is 0 Å². The minimum Gasteiger partial charge on any atom is -0.296 e. The van der Waals surface area contributed by atoms with E-state index in [0.29, 0.717) is 0 Å². The smallest absolute Gasteiger partial charge is 0.265 e. The molecule has 0 bridgehead atoms. The van der Waals surface area contributed by atoms with E-state index in [1.165, 1.54) is 0 Å². The molecule has 1 saturated heterocycles. The molecule has 1 aromatic rings. The topological polar surface area (TPSA) is 126 Å². The summed E-state index contributed by atoms with van der Waals surface area (Å²) in [5.41, 5.74) is -0.142. The Bertz CT molecular complexity index is 691. The van der Waals surface area contributed by atoms with E-state index in [1.807, 2.05) is 0 Å². The van der Waals surface area contributed by atoms with E-state index in [4.69, 9.17) is 4.55 Å². The van der Waals surface area contributed by atoms with Crippen molar-refractivity contribution in [1.82, 2.24) is 15.5 Å². The number of rotatable bonds is 4. The summed E-state index contributed by atoms with van der Waals surface area (Å²) in [7, 11) is -4.17. The van der Waals surface area contributed by atoms with Crippen LogP contribution in [0.3, 0.4) is 0 Å². The first-order chi connectivity index (χ1) is 9.76. The van der Waals surface area contributed by atoms with Crippen molar-refractivity contribution >= 4 is 21.9 Å². The van der Waals surface area contributed by atoms with E-state index < -0.39 is 39.4 Å². The molecule has 21 heavy (non-hydrogen) atoms. The zero-order valence-electron chi connectivity index (χ0n) is 10.7. The number of carbonyl (C=O) groups is 2. The van der Waals surface area contributed by atoms with Gasteiger partial charge in [0.25, 0.3) is 10.1 Å². The lowest BCUT2D eigenvalue weighted by molar-refractivity contribution is -0.134.